The molecule has 0 aliphatic heterocycles. The molecule has 0 radical (unpaired) electrons. The van der Waals surface area contributed by atoms with Gasteiger partial charge in [-0.05, 0) is 25.1 Å². The molecule has 7 heteroatoms. The first-order chi connectivity index (χ1) is 10.5. The van der Waals surface area contributed by atoms with Crippen LogP contribution in [0.2, 0.25) is 5.02 Å². The monoisotopic (exact) mass is 336 g/mol. The second-order valence-electron chi connectivity index (χ2n) is 4.48. The molecule has 0 heterocycles. The van der Waals surface area contributed by atoms with Gasteiger partial charge in [0, 0.05) is 17.0 Å². The molecule has 0 aromatic heterocycles. The Hall–Kier alpha value is -2.05. The molecule has 5 nitrogen and oxygen atoms in total. The third kappa shape index (κ3) is 4.22. The fourth-order valence-electron chi connectivity index (χ4n) is 1.71. The second kappa shape index (κ2) is 7.29. The lowest BCUT2D eigenvalue weighted by Gasteiger charge is -2.12. The topological polar surface area (TPSA) is 72.2 Å². The van der Waals surface area contributed by atoms with E-state index in [1.165, 1.54) is 30.0 Å². The molecule has 114 valence electrons. The van der Waals surface area contributed by atoms with Gasteiger partial charge in [0.05, 0.1) is 20.9 Å². The van der Waals surface area contributed by atoms with Crippen LogP contribution in [-0.2, 0) is 4.79 Å². The number of amides is 1. The lowest BCUT2D eigenvalue weighted by molar-refractivity contribution is -0.384. The van der Waals surface area contributed by atoms with Crippen LogP contribution in [0.3, 0.4) is 0 Å². The van der Waals surface area contributed by atoms with E-state index in [1.54, 1.807) is 6.92 Å². The standard InChI is InChI=1S/C15H13ClN2O3S/c1-10(22-12-5-3-2-4-6-12)15(19)17-14-8-7-11(18(20)21)9-13(14)16/h2-10H,1H3,(H,17,19)/t10-/m0/s1. The first-order valence-electron chi connectivity index (χ1n) is 6.44. The highest BCUT2D eigenvalue weighted by molar-refractivity contribution is 8.00. The number of benzene rings is 2. The van der Waals surface area contributed by atoms with Crippen molar-refractivity contribution in [2.24, 2.45) is 0 Å². The molecule has 0 saturated heterocycles. The highest BCUT2D eigenvalue weighted by Crippen LogP contribution is 2.28. The van der Waals surface area contributed by atoms with Crippen molar-refractivity contribution in [1.29, 1.82) is 0 Å². The Morgan fingerprint density at radius 2 is 1.95 bits per heavy atom. The van der Waals surface area contributed by atoms with Crippen molar-refractivity contribution in [3.05, 3.63) is 63.7 Å². The van der Waals surface area contributed by atoms with Crippen molar-refractivity contribution in [2.75, 3.05) is 5.32 Å². The molecular formula is C15H13ClN2O3S. The summed E-state index contributed by atoms with van der Waals surface area (Å²) in [6.45, 7) is 1.78. The van der Waals surface area contributed by atoms with E-state index in [0.29, 0.717) is 5.69 Å². The Bertz CT molecular complexity index is 694. The summed E-state index contributed by atoms with van der Waals surface area (Å²) in [4.78, 5) is 23.3. The Labute approximate surface area is 136 Å². The number of carbonyl (C=O) groups excluding carboxylic acids is 1. The van der Waals surface area contributed by atoms with E-state index < -0.39 is 4.92 Å². The predicted molar refractivity (Wildman–Crippen MR) is 88.5 cm³/mol. The van der Waals surface area contributed by atoms with Gasteiger partial charge < -0.3 is 5.32 Å². The van der Waals surface area contributed by atoms with E-state index in [0.717, 1.165) is 4.90 Å². The zero-order valence-corrected chi connectivity index (χ0v) is 13.2. The van der Waals surface area contributed by atoms with Gasteiger partial charge in [0.2, 0.25) is 5.91 Å². The van der Waals surface area contributed by atoms with E-state index in [1.807, 2.05) is 30.3 Å². The normalized spacial score (nSPS) is 11.7. The average molecular weight is 337 g/mol. The minimum absolute atomic E-state index is 0.116. The van der Waals surface area contributed by atoms with Gasteiger partial charge in [0.1, 0.15) is 0 Å². The summed E-state index contributed by atoms with van der Waals surface area (Å²) in [6.07, 6.45) is 0. The van der Waals surface area contributed by atoms with Crippen molar-refractivity contribution >= 4 is 40.6 Å². The third-order valence-corrected chi connectivity index (χ3v) is 4.27. The quantitative estimate of drug-likeness (QED) is 0.500. The summed E-state index contributed by atoms with van der Waals surface area (Å²) in [7, 11) is 0. The smallest absolute Gasteiger partial charge is 0.271 e. The fourth-order valence-corrected chi connectivity index (χ4v) is 2.82. The number of anilines is 1. The molecule has 1 amide bonds. The van der Waals surface area contributed by atoms with Crippen LogP contribution in [0.15, 0.2) is 53.4 Å². The Morgan fingerprint density at radius 3 is 2.55 bits per heavy atom. The van der Waals surface area contributed by atoms with Crippen LogP contribution in [-0.4, -0.2) is 16.1 Å². The van der Waals surface area contributed by atoms with Gasteiger partial charge in [0.25, 0.3) is 5.69 Å². The number of hydrogen-bond acceptors (Lipinski definition) is 4. The molecule has 0 aliphatic rings. The largest absolute Gasteiger partial charge is 0.324 e. The number of nitro benzene ring substituents is 1. The number of halogens is 1. The molecule has 1 atom stereocenters. The zero-order valence-electron chi connectivity index (χ0n) is 11.7. The number of hydrogen-bond donors (Lipinski definition) is 1. The van der Waals surface area contributed by atoms with Crippen LogP contribution >= 0.6 is 23.4 Å². The number of nitro groups is 1. The van der Waals surface area contributed by atoms with Crippen molar-refractivity contribution in [3.8, 4) is 0 Å². The number of non-ortho nitro benzene ring substituents is 1. The van der Waals surface area contributed by atoms with Crippen molar-refractivity contribution in [2.45, 2.75) is 17.1 Å². The van der Waals surface area contributed by atoms with Gasteiger partial charge in [0.15, 0.2) is 0 Å². The van der Waals surface area contributed by atoms with Crippen LogP contribution in [0, 0.1) is 10.1 Å². The molecule has 1 N–H and O–H groups in total. The van der Waals surface area contributed by atoms with Gasteiger partial charge in [-0.1, -0.05) is 29.8 Å². The third-order valence-electron chi connectivity index (χ3n) is 2.85. The minimum Gasteiger partial charge on any atom is -0.324 e. The van der Waals surface area contributed by atoms with Gasteiger partial charge in [-0.25, -0.2) is 0 Å². The minimum atomic E-state index is -0.536. The van der Waals surface area contributed by atoms with Gasteiger partial charge in [-0.15, -0.1) is 11.8 Å². The average Bonchev–Trinajstić information content (AvgIpc) is 2.50. The van der Waals surface area contributed by atoms with Crippen molar-refractivity contribution in [3.63, 3.8) is 0 Å². The molecular weight excluding hydrogens is 324 g/mol. The first kappa shape index (κ1) is 16.3. The Kier molecular flexibility index (Phi) is 5.41. The highest BCUT2D eigenvalue weighted by Gasteiger charge is 2.17. The van der Waals surface area contributed by atoms with Crippen LogP contribution in [0.4, 0.5) is 11.4 Å². The highest BCUT2D eigenvalue weighted by atomic mass is 35.5. The first-order valence-corrected chi connectivity index (χ1v) is 7.69. The molecule has 2 aromatic rings. The van der Waals surface area contributed by atoms with E-state index in [9.17, 15) is 14.9 Å². The van der Waals surface area contributed by atoms with Gasteiger partial charge >= 0.3 is 0 Å². The number of nitrogens with zero attached hydrogens (tertiary/aromatic N) is 1. The maximum absolute atomic E-state index is 12.2. The predicted octanol–water partition coefficient (Wildman–Crippen LogP) is 4.37. The molecule has 0 spiro atoms. The number of rotatable bonds is 5. The second-order valence-corrected chi connectivity index (χ2v) is 6.31. The Morgan fingerprint density at radius 1 is 1.27 bits per heavy atom. The summed E-state index contributed by atoms with van der Waals surface area (Å²) < 4.78 is 0. The molecule has 0 bridgehead atoms. The van der Waals surface area contributed by atoms with E-state index >= 15 is 0 Å². The fraction of sp³-hybridized carbons (Fsp3) is 0.133. The van der Waals surface area contributed by atoms with Crippen LogP contribution < -0.4 is 5.32 Å². The van der Waals surface area contributed by atoms with Crippen LogP contribution in [0.5, 0.6) is 0 Å². The summed E-state index contributed by atoms with van der Waals surface area (Å²) >= 11 is 7.38. The summed E-state index contributed by atoms with van der Waals surface area (Å²) in [6, 6.07) is 13.5. The van der Waals surface area contributed by atoms with Gasteiger partial charge in [-0.3, -0.25) is 14.9 Å². The van der Waals surface area contributed by atoms with Crippen molar-refractivity contribution in [1.82, 2.24) is 0 Å². The molecule has 2 aromatic carbocycles. The van der Waals surface area contributed by atoms with Crippen molar-refractivity contribution < 1.29 is 9.72 Å². The zero-order chi connectivity index (χ0) is 16.1. The van der Waals surface area contributed by atoms with E-state index in [4.69, 9.17) is 11.6 Å². The lowest BCUT2D eigenvalue weighted by atomic mass is 10.2. The van der Waals surface area contributed by atoms with E-state index in [2.05, 4.69) is 5.32 Å². The summed E-state index contributed by atoms with van der Waals surface area (Å²) in [5.74, 6) is -0.218. The molecule has 0 saturated carbocycles. The Balaban J connectivity index is 2.04. The molecule has 2 rings (SSSR count). The molecule has 0 fully saturated rings. The lowest BCUT2D eigenvalue weighted by Crippen LogP contribution is -2.22. The van der Waals surface area contributed by atoms with E-state index in [-0.39, 0.29) is 21.9 Å². The molecule has 0 aliphatic carbocycles. The van der Waals surface area contributed by atoms with Crippen LogP contribution in [0.25, 0.3) is 0 Å². The maximum atomic E-state index is 12.2. The summed E-state index contributed by atoms with van der Waals surface area (Å²) in [5, 5.41) is 13.1. The van der Waals surface area contributed by atoms with Gasteiger partial charge in [-0.2, -0.15) is 0 Å². The molecule has 0 unspecified atom stereocenters. The maximum Gasteiger partial charge on any atom is 0.271 e. The number of carbonyl (C=O) groups is 1. The van der Waals surface area contributed by atoms with Crippen LogP contribution in [0.1, 0.15) is 6.92 Å². The number of nitrogens with one attached hydrogen (secondary N) is 1. The molecule has 22 heavy (non-hydrogen) atoms. The summed E-state index contributed by atoms with van der Waals surface area (Å²) in [5.41, 5.74) is 0.243. The SMILES string of the molecule is C[C@H](Sc1ccccc1)C(=O)Nc1ccc([N+](=O)[O-])cc1Cl. The number of thioether (sulfide) groups is 1.